The van der Waals surface area contributed by atoms with Crippen LogP contribution in [0.25, 0.3) is 0 Å². The van der Waals surface area contributed by atoms with E-state index in [2.05, 4.69) is 32.7 Å². The Morgan fingerprint density at radius 1 is 1.21 bits per heavy atom. The molecule has 29 heavy (non-hydrogen) atoms. The van der Waals surface area contributed by atoms with Crippen LogP contribution in [0.1, 0.15) is 43.1 Å². The molecular weight excluding hydrogens is 368 g/mol. The van der Waals surface area contributed by atoms with Crippen molar-refractivity contribution < 1.29 is 14.7 Å². The SMILES string of the molecule is CC(=O)O.Cc1cnc(CNC(=O)[C@]2(Cc3ccccc3)C[C@@H]3CC[C@H]2N3)cn1. The fourth-order valence-corrected chi connectivity index (χ4v) is 4.34. The summed E-state index contributed by atoms with van der Waals surface area (Å²) in [5, 5.41) is 14.2. The van der Waals surface area contributed by atoms with E-state index in [1.165, 1.54) is 12.0 Å². The Morgan fingerprint density at radius 3 is 2.48 bits per heavy atom. The quantitative estimate of drug-likeness (QED) is 0.716. The summed E-state index contributed by atoms with van der Waals surface area (Å²) in [4.78, 5) is 30.8. The molecule has 0 aliphatic carbocycles. The molecule has 2 fully saturated rings. The number of amides is 1. The second kappa shape index (κ2) is 9.13. The molecule has 2 aromatic rings. The van der Waals surface area contributed by atoms with Crippen LogP contribution in [0, 0.1) is 12.3 Å². The van der Waals surface area contributed by atoms with E-state index in [9.17, 15) is 4.79 Å². The molecule has 7 heteroatoms. The van der Waals surface area contributed by atoms with Gasteiger partial charge in [-0.15, -0.1) is 0 Å². The van der Waals surface area contributed by atoms with Gasteiger partial charge in [-0.05, 0) is 38.2 Å². The first kappa shape index (κ1) is 20.9. The van der Waals surface area contributed by atoms with Crippen LogP contribution in [0.5, 0.6) is 0 Å². The Morgan fingerprint density at radius 2 is 1.93 bits per heavy atom. The van der Waals surface area contributed by atoms with Crippen LogP contribution in [-0.2, 0) is 22.6 Å². The molecule has 7 nitrogen and oxygen atoms in total. The summed E-state index contributed by atoms with van der Waals surface area (Å²) in [7, 11) is 0. The highest BCUT2D eigenvalue weighted by atomic mass is 16.4. The van der Waals surface area contributed by atoms with Gasteiger partial charge in [-0.1, -0.05) is 30.3 Å². The first-order valence-corrected chi connectivity index (χ1v) is 9.94. The number of fused-ring (bicyclic) bond motifs is 2. The number of hydrogen-bond acceptors (Lipinski definition) is 5. The third kappa shape index (κ3) is 5.17. The van der Waals surface area contributed by atoms with Crippen LogP contribution < -0.4 is 10.6 Å². The zero-order valence-corrected chi connectivity index (χ0v) is 16.9. The minimum Gasteiger partial charge on any atom is -0.481 e. The number of aryl methyl sites for hydroxylation is 1. The topological polar surface area (TPSA) is 104 Å². The lowest BCUT2D eigenvalue weighted by molar-refractivity contribution is -0.134. The predicted octanol–water partition coefficient (Wildman–Crippen LogP) is 2.25. The summed E-state index contributed by atoms with van der Waals surface area (Å²) in [6.45, 7) is 3.42. The van der Waals surface area contributed by atoms with Crippen molar-refractivity contribution in [2.24, 2.45) is 5.41 Å². The highest BCUT2D eigenvalue weighted by molar-refractivity contribution is 5.84. The molecule has 3 N–H and O–H groups in total. The normalized spacial score (nSPS) is 24.5. The van der Waals surface area contributed by atoms with Gasteiger partial charge in [0, 0.05) is 25.2 Å². The predicted molar refractivity (Wildman–Crippen MR) is 109 cm³/mol. The van der Waals surface area contributed by atoms with Crippen molar-refractivity contribution in [3.8, 4) is 0 Å². The van der Waals surface area contributed by atoms with E-state index in [0.717, 1.165) is 37.6 Å². The Kier molecular flexibility index (Phi) is 6.59. The van der Waals surface area contributed by atoms with Crippen LogP contribution in [0.2, 0.25) is 0 Å². The zero-order chi connectivity index (χ0) is 20.9. The minimum atomic E-state index is -0.833. The first-order chi connectivity index (χ1) is 13.9. The Balaban J connectivity index is 0.000000552. The number of carboxylic acid groups (broad SMARTS) is 1. The summed E-state index contributed by atoms with van der Waals surface area (Å²) in [6.07, 6.45) is 7.43. The largest absolute Gasteiger partial charge is 0.481 e. The number of nitrogens with one attached hydrogen (secondary N) is 2. The second-order valence-corrected chi connectivity index (χ2v) is 7.87. The Hall–Kier alpha value is -2.80. The highest BCUT2D eigenvalue weighted by Gasteiger charge is 2.55. The molecule has 0 radical (unpaired) electrons. The average molecular weight is 396 g/mol. The smallest absolute Gasteiger partial charge is 0.300 e. The highest BCUT2D eigenvalue weighted by Crippen LogP contribution is 2.45. The van der Waals surface area contributed by atoms with Crippen molar-refractivity contribution in [3.05, 3.63) is 59.7 Å². The third-order valence-electron chi connectivity index (χ3n) is 5.60. The standard InChI is InChI=1S/C20H24N4O.C2H4O2/c1-14-11-22-17(12-21-14)13-23-19(25)20(9-15-5-3-2-4-6-15)10-16-7-8-18(20)24-16;1-2(3)4/h2-6,11-12,16,18,24H,7-10,13H2,1H3,(H,23,25);1H3,(H,3,4)/t16-,18+,20+;/m0./s1. The van der Waals surface area contributed by atoms with Crippen molar-refractivity contribution in [2.75, 3.05) is 0 Å². The maximum atomic E-state index is 13.2. The Labute approximate surface area is 171 Å². The number of carbonyl (C=O) groups excluding carboxylic acids is 1. The number of aromatic nitrogens is 2. The van der Waals surface area contributed by atoms with Gasteiger partial charge in [0.2, 0.25) is 5.91 Å². The molecule has 0 unspecified atom stereocenters. The van der Waals surface area contributed by atoms with Crippen LogP contribution >= 0.6 is 0 Å². The molecule has 4 rings (SSSR count). The number of benzene rings is 1. The van der Waals surface area contributed by atoms with Gasteiger partial charge in [-0.2, -0.15) is 0 Å². The third-order valence-corrected chi connectivity index (χ3v) is 5.60. The maximum absolute atomic E-state index is 13.2. The molecular formula is C22H28N4O3. The lowest BCUT2D eigenvalue weighted by Gasteiger charge is -2.35. The zero-order valence-electron chi connectivity index (χ0n) is 16.9. The molecule has 1 aromatic carbocycles. The Bertz CT molecular complexity index is 837. The molecule has 2 aliphatic rings. The average Bonchev–Trinajstić information content (AvgIpc) is 3.29. The molecule has 3 heterocycles. The number of rotatable bonds is 5. The monoisotopic (exact) mass is 396 g/mol. The van der Waals surface area contributed by atoms with Gasteiger partial charge in [0.25, 0.3) is 5.97 Å². The molecule has 1 aromatic heterocycles. The molecule has 1 amide bonds. The van der Waals surface area contributed by atoms with Crippen molar-refractivity contribution in [2.45, 2.75) is 58.2 Å². The number of aliphatic carboxylic acids is 1. The van der Waals surface area contributed by atoms with Crippen molar-refractivity contribution in [1.82, 2.24) is 20.6 Å². The summed E-state index contributed by atoms with van der Waals surface area (Å²) in [5.74, 6) is -0.696. The van der Waals surface area contributed by atoms with Gasteiger partial charge in [0.15, 0.2) is 0 Å². The first-order valence-electron chi connectivity index (χ1n) is 9.94. The van der Waals surface area contributed by atoms with Crippen molar-refractivity contribution in [1.29, 1.82) is 0 Å². The van der Waals surface area contributed by atoms with Gasteiger partial charge in [0.05, 0.1) is 29.5 Å². The fraction of sp³-hybridized carbons (Fsp3) is 0.455. The molecule has 0 spiro atoms. The van der Waals surface area contributed by atoms with Crippen molar-refractivity contribution >= 4 is 11.9 Å². The van der Waals surface area contributed by atoms with Crippen LogP contribution in [0.15, 0.2) is 42.7 Å². The van der Waals surface area contributed by atoms with E-state index in [0.29, 0.717) is 12.6 Å². The molecule has 2 bridgehead atoms. The molecule has 2 aliphatic heterocycles. The van der Waals surface area contributed by atoms with E-state index in [1.54, 1.807) is 12.4 Å². The lowest BCUT2D eigenvalue weighted by atomic mass is 9.69. The van der Waals surface area contributed by atoms with Gasteiger partial charge < -0.3 is 15.7 Å². The number of hydrogen-bond donors (Lipinski definition) is 3. The number of carbonyl (C=O) groups is 2. The summed E-state index contributed by atoms with van der Waals surface area (Å²) >= 11 is 0. The summed E-state index contributed by atoms with van der Waals surface area (Å²) in [6, 6.07) is 11.1. The minimum absolute atomic E-state index is 0.137. The van der Waals surface area contributed by atoms with Crippen LogP contribution in [-0.4, -0.2) is 39.0 Å². The maximum Gasteiger partial charge on any atom is 0.300 e. The molecule has 2 saturated heterocycles. The number of nitrogens with zero attached hydrogens (tertiary/aromatic N) is 2. The summed E-state index contributed by atoms with van der Waals surface area (Å²) in [5.41, 5.74) is 2.54. The van der Waals surface area contributed by atoms with E-state index >= 15 is 0 Å². The molecule has 154 valence electrons. The summed E-state index contributed by atoms with van der Waals surface area (Å²) < 4.78 is 0. The van der Waals surface area contributed by atoms with E-state index < -0.39 is 5.97 Å². The van der Waals surface area contributed by atoms with E-state index in [4.69, 9.17) is 9.90 Å². The fourth-order valence-electron chi connectivity index (χ4n) is 4.34. The van der Waals surface area contributed by atoms with Gasteiger partial charge in [-0.3, -0.25) is 19.6 Å². The van der Waals surface area contributed by atoms with Gasteiger partial charge in [-0.25, -0.2) is 0 Å². The van der Waals surface area contributed by atoms with Gasteiger partial charge in [0.1, 0.15) is 0 Å². The molecule has 3 atom stereocenters. The lowest BCUT2D eigenvalue weighted by Crippen LogP contribution is -2.49. The van der Waals surface area contributed by atoms with E-state index in [1.807, 2.05) is 25.1 Å². The molecule has 0 saturated carbocycles. The van der Waals surface area contributed by atoms with Crippen molar-refractivity contribution in [3.63, 3.8) is 0 Å². The van der Waals surface area contributed by atoms with Crippen LogP contribution in [0.3, 0.4) is 0 Å². The number of carboxylic acids is 1. The second-order valence-electron chi connectivity index (χ2n) is 7.87. The van der Waals surface area contributed by atoms with Crippen LogP contribution in [0.4, 0.5) is 0 Å². The van der Waals surface area contributed by atoms with E-state index in [-0.39, 0.29) is 17.4 Å². The van der Waals surface area contributed by atoms with Gasteiger partial charge >= 0.3 is 0 Å².